The Bertz CT molecular complexity index is 1010. The monoisotopic (exact) mass is 358 g/mol. The number of aromatic nitrogens is 2. The molecule has 0 fully saturated rings. The lowest BCUT2D eigenvalue weighted by Crippen LogP contribution is -2.26. The van der Waals surface area contributed by atoms with E-state index < -0.39 is 0 Å². The molecule has 0 aliphatic heterocycles. The van der Waals surface area contributed by atoms with Crippen molar-refractivity contribution in [1.29, 1.82) is 5.26 Å². The zero-order chi connectivity index (χ0) is 19.1. The summed E-state index contributed by atoms with van der Waals surface area (Å²) in [6.45, 7) is 2.33. The molecule has 0 spiro atoms. The Balaban J connectivity index is 1.68. The van der Waals surface area contributed by atoms with Crippen molar-refractivity contribution < 1.29 is 0 Å². The van der Waals surface area contributed by atoms with E-state index in [-0.39, 0.29) is 5.96 Å². The maximum Gasteiger partial charge on any atom is 0.216 e. The second kappa shape index (κ2) is 8.40. The Labute approximate surface area is 156 Å². The molecular weight excluding hydrogens is 340 g/mol. The van der Waals surface area contributed by atoms with Gasteiger partial charge < -0.3 is 10.3 Å². The molecule has 134 valence electrons. The average Bonchev–Trinajstić information content (AvgIpc) is 3.12. The second-order valence-corrected chi connectivity index (χ2v) is 5.73. The molecule has 3 rings (SSSR count). The number of nitrogens with two attached hydrogens (primary N) is 1. The fourth-order valence-corrected chi connectivity index (χ4v) is 2.41. The molecule has 1 heterocycles. The highest BCUT2D eigenvalue weighted by molar-refractivity contribution is 5.80. The fourth-order valence-electron chi connectivity index (χ4n) is 2.41. The minimum Gasteiger partial charge on any atom is -0.368 e. The van der Waals surface area contributed by atoms with Gasteiger partial charge in [-0.05, 0) is 30.7 Å². The number of rotatable bonds is 5. The first kappa shape index (κ1) is 17.8. The van der Waals surface area contributed by atoms with Crippen molar-refractivity contribution in [2.45, 2.75) is 13.5 Å². The van der Waals surface area contributed by atoms with Gasteiger partial charge >= 0.3 is 0 Å². The molecule has 27 heavy (non-hydrogen) atoms. The van der Waals surface area contributed by atoms with Crippen molar-refractivity contribution in [2.75, 3.05) is 0 Å². The summed E-state index contributed by atoms with van der Waals surface area (Å²) >= 11 is 0. The lowest BCUT2D eigenvalue weighted by atomic mass is 10.1. The van der Waals surface area contributed by atoms with Crippen LogP contribution in [0, 0.1) is 18.3 Å². The lowest BCUT2D eigenvalue weighted by molar-refractivity contribution is 0.816. The number of nitriles is 1. The number of aliphatic imine (C=N–C) groups is 1. The van der Waals surface area contributed by atoms with Gasteiger partial charge in [-0.3, -0.25) is 0 Å². The number of hydrogen-bond acceptors (Lipinski definition) is 5. The van der Waals surface area contributed by atoms with Crippen LogP contribution in [0.3, 0.4) is 0 Å². The van der Waals surface area contributed by atoms with Gasteiger partial charge in [0.1, 0.15) is 6.07 Å². The Morgan fingerprint density at radius 1 is 1.26 bits per heavy atom. The third-order valence-corrected chi connectivity index (χ3v) is 3.67. The van der Waals surface area contributed by atoms with E-state index in [2.05, 4.69) is 31.8 Å². The van der Waals surface area contributed by atoms with Gasteiger partial charge in [-0.25, -0.2) is 15.4 Å². The quantitative estimate of drug-likeness (QED) is 0.315. The number of aryl methyl sites for hydroxylation is 1. The second-order valence-electron chi connectivity index (χ2n) is 5.73. The Morgan fingerprint density at radius 2 is 2.07 bits per heavy atom. The van der Waals surface area contributed by atoms with Crippen LogP contribution in [0.5, 0.6) is 0 Å². The molecule has 0 saturated carbocycles. The summed E-state index contributed by atoms with van der Waals surface area (Å²) in [5.74, 6) is 0.0851. The summed E-state index contributed by atoms with van der Waals surface area (Å²) in [6.07, 6.45) is 3.51. The fraction of sp³-hybridized carbons (Fsp3) is 0.105. The van der Waals surface area contributed by atoms with E-state index in [9.17, 15) is 5.26 Å². The van der Waals surface area contributed by atoms with Gasteiger partial charge in [0.15, 0.2) is 0 Å². The predicted octanol–water partition coefficient (Wildman–Crippen LogP) is 3.16. The van der Waals surface area contributed by atoms with E-state index >= 15 is 0 Å². The molecule has 0 radical (unpaired) electrons. The highest BCUT2D eigenvalue weighted by atomic mass is 15.5. The molecule has 1 aromatic heterocycles. The number of nitrogens with one attached hydrogen (secondary N) is 1. The maximum absolute atomic E-state index is 9.41. The van der Waals surface area contributed by atoms with Crippen LogP contribution in [-0.2, 0) is 6.54 Å². The van der Waals surface area contributed by atoms with Crippen molar-refractivity contribution in [2.24, 2.45) is 21.1 Å². The normalized spacial score (nSPS) is 11.5. The Kier molecular flexibility index (Phi) is 5.54. The van der Waals surface area contributed by atoms with Crippen molar-refractivity contribution >= 4 is 11.6 Å². The van der Waals surface area contributed by atoms with Crippen molar-refractivity contribution in [3.05, 3.63) is 77.9 Å². The number of hydrogen-bond donors (Lipinski definition) is 2. The third-order valence-electron chi connectivity index (χ3n) is 3.67. The van der Waals surface area contributed by atoms with Crippen LogP contribution in [0.4, 0.5) is 5.69 Å². The van der Waals surface area contributed by atoms with E-state index in [0.717, 1.165) is 16.9 Å². The molecule has 0 atom stereocenters. The number of nitrogens with zero attached hydrogens (tertiary/aromatic N) is 6. The van der Waals surface area contributed by atoms with Crippen LogP contribution in [0.25, 0.3) is 5.69 Å². The van der Waals surface area contributed by atoms with E-state index in [0.29, 0.717) is 17.8 Å². The van der Waals surface area contributed by atoms with Crippen LogP contribution in [0.15, 0.2) is 76.4 Å². The molecule has 8 heteroatoms. The molecule has 8 nitrogen and oxygen atoms in total. The number of guanidine groups is 1. The van der Waals surface area contributed by atoms with Crippen LogP contribution in [0.2, 0.25) is 0 Å². The van der Waals surface area contributed by atoms with Gasteiger partial charge in [0.25, 0.3) is 0 Å². The van der Waals surface area contributed by atoms with E-state index in [1.807, 2.05) is 43.5 Å². The maximum atomic E-state index is 9.41. The minimum atomic E-state index is 0.0851. The van der Waals surface area contributed by atoms with Gasteiger partial charge in [-0.15, -0.1) is 0 Å². The van der Waals surface area contributed by atoms with Crippen LogP contribution < -0.4 is 11.2 Å². The smallest absolute Gasteiger partial charge is 0.216 e. The SMILES string of the molecule is Cc1cn(-c2ccc(N=C(N)NN=NCc3ccccc3)cc2C#N)cn1. The molecule has 0 saturated heterocycles. The van der Waals surface area contributed by atoms with E-state index in [4.69, 9.17) is 5.73 Å². The van der Waals surface area contributed by atoms with Crippen LogP contribution >= 0.6 is 0 Å². The summed E-state index contributed by atoms with van der Waals surface area (Å²) in [6, 6.07) is 17.1. The molecule has 3 aromatic rings. The van der Waals surface area contributed by atoms with Gasteiger partial charge in [0.05, 0.1) is 35.5 Å². The third kappa shape index (κ3) is 4.76. The largest absolute Gasteiger partial charge is 0.368 e. The summed E-state index contributed by atoms with van der Waals surface area (Å²) in [4.78, 5) is 8.38. The zero-order valence-corrected chi connectivity index (χ0v) is 14.7. The molecule has 0 unspecified atom stereocenters. The highest BCUT2D eigenvalue weighted by Crippen LogP contribution is 2.21. The first-order valence-electron chi connectivity index (χ1n) is 8.21. The topological polar surface area (TPSA) is 117 Å². The summed E-state index contributed by atoms with van der Waals surface area (Å²) in [5.41, 5.74) is 12.0. The molecule has 0 amide bonds. The first-order chi connectivity index (χ1) is 13.2. The van der Waals surface area contributed by atoms with Gasteiger partial charge in [-0.1, -0.05) is 35.6 Å². The lowest BCUT2D eigenvalue weighted by Gasteiger charge is -2.06. The summed E-state index contributed by atoms with van der Waals surface area (Å²) in [7, 11) is 0. The van der Waals surface area contributed by atoms with Crippen molar-refractivity contribution in [1.82, 2.24) is 15.0 Å². The molecule has 0 aliphatic carbocycles. The molecule has 0 aliphatic rings. The zero-order valence-electron chi connectivity index (χ0n) is 14.7. The minimum absolute atomic E-state index is 0.0851. The van der Waals surface area contributed by atoms with Gasteiger partial charge in [0, 0.05) is 6.20 Å². The Morgan fingerprint density at radius 3 is 2.78 bits per heavy atom. The van der Waals surface area contributed by atoms with Crippen LogP contribution in [-0.4, -0.2) is 15.5 Å². The molecule has 3 N–H and O–H groups in total. The van der Waals surface area contributed by atoms with Crippen LogP contribution in [0.1, 0.15) is 16.8 Å². The average molecular weight is 358 g/mol. The van der Waals surface area contributed by atoms with E-state index in [1.165, 1.54) is 0 Å². The molecule has 0 bridgehead atoms. The van der Waals surface area contributed by atoms with E-state index in [1.54, 1.807) is 29.1 Å². The van der Waals surface area contributed by atoms with Gasteiger partial charge in [-0.2, -0.15) is 10.4 Å². The standard InChI is InChI=1S/C19H18N8/c1-14-12-27(13-22-14)18-8-7-17(9-16(18)10-20)24-19(21)25-26-23-11-15-5-3-2-4-6-15/h2-9,12-13H,11H2,1H3,(H3,21,23,24,25). The van der Waals surface area contributed by atoms with Crippen molar-refractivity contribution in [3.8, 4) is 11.8 Å². The number of benzene rings is 2. The van der Waals surface area contributed by atoms with Crippen molar-refractivity contribution in [3.63, 3.8) is 0 Å². The summed E-state index contributed by atoms with van der Waals surface area (Å²) < 4.78 is 1.79. The Hall–Kier alpha value is -3.99. The number of imidazole rings is 1. The molecular formula is C19H18N8. The summed E-state index contributed by atoms with van der Waals surface area (Å²) in [5, 5.41) is 17.2. The first-order valence-corrected chi connectivity index (χ1v) is 8.21. The highest BCUT2D eigenvalue weighted by Gasteiger charge is 2.06. The predicted molar refractivity (Wildman–Crippen MR) is 102 cm³/mol. The van der Waals surface area contributed by atoms with Gasteiger partial charge in [0.2, 0.25) is 5.96 Å². The molecule has 2 aromatic carbocycles.